The molecule has 6 heteroatoms. The molecule has 0 heterocycles. The number of benzene rings is 2. The van der Waals surface area contributed by atoms with Crippen LogP contribution in [0.25, 0.3) is 0 Å². The van der Waals surface area contributed by atoms with Gasteiger partial charge in [-0.15, -0.1) is 0 Å². The second-order valence-electron chi connectivity index (χ2n) is 4.83. The normalized spacial score (nSPS) is 10.1. The van der Waals surface area contributed by atoms with Gasteiger partial charge in [0, 0.05) is 10.6 Å². The van der Waals surface area contributed by atoms with E-state index in [9.17, 15) is 9.59 Å². The van der Waals surface area contributed by atoms with Gasteiger partial charge in [-0.3, -0.25) is 4.79 Å². The summed E-state index contributed by atoms with van der Waals surface area (Å²) in [6.07, 6.45) is 0. The first-order valence-corrected chi connectivity index (χ1v) is 7.93. The highest BCUT2D eigenvalue weighted by atomic mass is 35.5. The fourth-order valence-electron chi connectivity index (χ4n) is 2.07. The van der Waals surface area contributed by atoms with E-state index in [0.717, 1.165) is 0 Å². The second-order valence-corrected chi connectivity index (χ2v) is 5.27. The van der Waals surface area contributed by atoms with Crippen LogP contribution in [-0.4, -0.2) is 25.1 Å². The van der Waals surface area contributed by atoms with E-state index in [1.54, 1.807) is 49.4 Å². The van der Waals surface area contributed by atoms with Gasteiger partial charge in [-0.25, -0.2) is 4.79 Å². The maximum Gasteiger partial charge on any atom is 0.338 e. The fourth-order valence-corrected chi connectivity index (χ4v) is 2.26. The van der Waals surface area contributed by atoms with Crippen LogP contribution >= 0.6 is 11.6 Å². The topological polar surface area (TPSA) is 64.6 Å². The van der Waals surface area contributed by atoms with Crippen molar-refractivity contribution < 1.29 is 19.1 Å². The molecule has 1 amide bonds. The minimum Gasteiger partial charge on any atom is -0.492 e. The molecule has 126 valence electrons. The first-order chi connectivity index (χ1) is 11.5. The number of carbonyl (C=O) groups excluding carboxylic acids is 2. The summed E-state index contributed by atoms with van der Waals surface area (Å²) >= 11 is 5.90. The maximum absolute atomic E-state index is 12.3. The second kappa shape index (κ2) is 8.36. The zero-order chi connectivity index (χ0) is 17.5. The fraction of sp³-hybridized carbons (Fsp3) is 0.222. The van der Waals surface area contributed by atoms with Crippen molar-refractivity contribution in [3.8, 4) is 5.75 Å². The van der Waals surface area contributed by atoms with Crippen molar-refractivity contribution in [2.45, 2.75) is 13.8 Å². The van der Waals surface area contributed by atoms with Crippen LogP contribution in [-0.2, 0) is 4.74 Å². The van der Waals surface area contributed by atoms with Gasteiger partial charge in [0.25, 0.3) is 5.91 Å². The molecule has 0 aliphatic heterocycles. The van der Waals surface area contributed by atoms with Crippen LogP contribution in [0.5, 0.6) is 5.75 Å². The maximum atomic E-state index is 12.3. The molecule has 2 aromatic carbocycles. The van der Waals surface area contributed by atoms with Crippen LogP contribution in [0.4, 0.5) is 5.69 Å². The summed E-state index contributed by atoms with van der Waals surface area (Å²) in [6, 6.07) is 11.4. The number of amides is 1. The predicted molar refractivity (Wildman–Crippen MR) is 93.0 cm³/mol. The molecule has 0 fully saturated rings. The molecule has 5 nitrogen and oxygen atoms in total. The Kier molecular flexibility index (Phi) is 6.21. The zero-order valence-electron chi connectivity index (χ0n) is 13.5. The number of carbonyl (C=O) groups is 2. The van der Waals surface area contributed by atoms with E-state index in [0.29, 0.717) is 34.2 Å². The number of rotatable bonds is 6. The minimum absolute atomic E-state index is 0.288. The molecule has 0 saturated carbocycles. The lowest BCUT2D eigenvalue weighted by Gasteiger charge is -2.13. The summed E-state index contributed by atoms with van der Waals surface area (Å²) in [5.41, 5.74) is 1.26. The highest BCUT2D eigenvalue weighted by molar-refractivity contribution is 6.31. The van der Waals surface area contributed by atoms with Crippen LogP contribution in [0.3, 0.4) is 0 Å². The van der Waals surface area contributed by atoms with E-state index in [4.69, 9.17) is 21.1 Å². The first-order valence-electron chi connectivity index (χ1n) is 7.56. The Labute approximate surface area is 145 Å². The van der Waals surface area contributed by atoms with E-state index in [2.05, 4.69) is 5.32 Å². The van der Waals surface area contributed by atoms with Crippen LogP contribution in [0, 0.1) is 0 Å². The Balaban J connectivity index is 2.25. The summed E-state index contributed by atoms with van der Waals surface area (Å²) in [6.45, 7) is 4.24. The average Bonchev–Trinajstić information content (AvgIpc) is 2.56. The molecule has 0 bridgehead atoms. The van der Waals surface area contributed by atoms with Crippen molar-refractivity contribution >= 4 is 29.2 Å². The molecular formula is C18H18ClNO4. The van der Waals surface area contributed by atoms with Crippen molar-refractivity contribution in [2.24, 2.45) is 0 Å². The molecule has 0 spiro atoms. The Morgan fingerprint density at radius 2 is 1.83 bits per heavy atom. The molecule has 0 unspecified atom stereocenters. The van der Waals surface area contributed by atoms with Gasteiger partial charge in [0.15, 0.2) is 0 Å². The third-order valence-electron chi connectivity index (χ3n) is 3.13. The van der Waals surface area contributed by atoms with Gasteiger partial charge in [-0.05, 0) is 50.2 Å². The van der Waals surface area contributed by atoms with Gasteiger partial charge < -0.3 is 14.8 Å². The third-order valence-corrected chi connectivity index (χ3v) is 3.36. The van der Waals surface area contributed by atoms with Crippen molar-refractivity contribution in [3.05, 3.63) is 58.6 Å². The number of hydrogen-bond donors (Lipinski definition) is 1. The van der Waals surface area contributed by atoms with Gasteiger partial charge >= 0.3 is 5.97 Å². The highest BCUT2D eigenvalue weighted by Gasteiger charge is 2.14. The summed E-state index contributed by atoms with van der Waals surface area (Å²) in [7, 11) is 0. The number of halogens is 1. The minimum atomic E-state index is -0.439. The zero-order valence-corrected chi connectivity index (χ0v) is 14.2. The lowest BCUT2D eigenvalue weighted by molar-refractivity contribution is 0.0526. The summed E-state index contributed by atoms with van der Waals surface area (Å²) in [5, 5.41) is 3.24. The SMILES string of the molecule is CCOC(=O)c1ccc(NC(=O)c2cccc(Cl)c2)c(OCC)c1. The van der Waals surface area contributed by atoms with Crippen molar-refractivity contribution in [1.29, 1.82) is 0 Å². The van der Waals surface area contributed by atoms with Crippen LogP contribution in [0.15, 0.2) is 42.5 Å². The molecule has 0 aliphatic carbocycles. The summed E-state index contributed by atoms with van der Waals surface area (Å²) in [5.74, 6) is -0.355. The van der Waals surface area contributed by atoms with E-state index in [1.807, 2.05) is 6.92 Å². The first kappa shape index (κ1) is 17.8. The standard InChI is InChI=1S/C18H18ClNO4/c1-3-23-16-11-13(18(22)24-4-2)8-9-15(16)20-17(21)12-6-5-7-14(19)10-12/h5-11H,3-4H2,1-2H3,(H,20,21). The lowest BCUT2D eigenvalue weighted by Crippen LogP contribution is -2.13. The van der Waals surface area contributed by atoms with Crippen molar-refractivity contribution in [2.75, 3.05) is 18.5 Å². The van der Waals surface area contributed by atoms with E-state index >= 15 is 0 Å². The Bertz CT molecular complexity index is 746. The number of nitrogens with one attached hydrogen (secondary N) is 1. The number of ether oxygens (including phenoxy) is 2. The molecule has 0 radical (unpaired) electrons. The van der Waals surface area contributed by atoms with Gasteiger partial charge in [0.2, 0.25) is 0 Å². The Morgan fingerprint density at radius 3 is 2.50 bits per heavy atom. The Hall–Kier alpha value is -2.53. The van der Waals surface area contributed by atoms with E-state index < -0.39 is 5.97 Å². The molecule has 24 heavy (non-hydrogen) atoms. The van der Waals surface area contributed by atoms with Crippen LogP contribution in [0.1, 0.15) is 34.6 Å². The van der Waals surface area contributed by atoms with Gasteiger partial charge in [-0.2, -0.15) is 0 Å². The number of esters is 1. The molecule has 0 saturated heterocycles. The van der Waals surface area contributed by atoms with E-state index in [1.165, 1.54) is 0 Å². The largest absolute Gasteiger partial charge is 0.492 e. The van der Waals surface area contributed by atoms with Crippen LogP contribution in [0.2, 0.25) is 5.02 Å². The molecular weight excluding hydrogens is 330 g/mol. The highest BCUT2D eigenvalue weighted by Crippen LogP contribution is 2.27. The molecule has 1 N–H and O–H groups in total. The monoisotopic (exact) mass is 347 g/mol. The predicted octanol–water partition coefficient (Wildman–Crippen LogP) is 4.17. The summed E-state index contributed by atoms with van der Waals surface area (Å²) < 4.78 is 10.5. The van der Waals surface area contributed by atoms with Gasteiger partial charge in [-0.1, -0.05) is 17.7 Å². The third kappa shape index (κ3) is 4.49. The molecule has 0 atom stereocenters. The average molecular weight is 348 g/mol. The Morgan fingerprint density at radius 1 is 1.04 bits per heavy atom. The smallest absolute Gasteiger partial charge is 0.338 e. The number of hydrogen-bond acceptors (Lipinski definition) is 4. The van der Waals surface area contributed by atoms with Crippen LogP contribution < -0.4 is 10.1 Å². The lowest BCUT2D eigenvalue weighted by atomic mass is 10.1. The van der Waals surface area contributed by atoms with E-state index in [-0.39, 0.29) is 12.5 Å². The van der Waals surface area contributed by atoms with Crippen molar-refractivity contribution in [3.63, 3.8) is 0 Å². The quantitative estimate of drug-likeness (QED) is 0.796. The summed E-state index contributed by atoms with van der Waals surface area (Å²) in [4.78, 5) is 24.1. The molecule has 0 aliphatic rings. The molecule has 0 aromatic heterocycles. The van der Waals surface area contributed by atoms with Crippen molar-refractivity contribution in [1.82, 2.24) is 0 Å². The van der Waals surface area contributed by atoms with Gasteiger partial charge in [0.1, 0.15) is 5.75 Å². The molecule has 2 rings (SSSR count). The number of anilines is 1. The molecule has 2 aromatic rings. The van der Waals surface area contributed by atoms with Gasteiger partial charge in [0.05, 0.1) is 24.5 Å².